The van der Waals surface area contributed by atoms with Crippen LogP contribution in [0.3, 0.4) is 0 Å². The van der Waals surface area contributed by atoms with Crippen molar-refractivity contribution in [3.05, 3.63) is 21.9 Å². The second kappa shape index (κ2) is 13.2. The van der Waals surface area contributed by atoms with Crippen LogP contribution in [0.4, 0.5) is 0 Å². The van der Waals surface area contributed by atoms with Crippen molar-refractivity contribution < 1.29 is 5.11 Å². The molecule has 0 aliphatic carbocycles. The predicted octanol–water partition coefficient (Wildman–Crippen LogP) is 6.06. The van der Waals surface area contributed by atoms with Gasteiger partial charge in [-0.25, -0.2) is 0 Å². The van der Waals surface area contributed by atoms with Crippen LogP contribution in [0.2, 0.25) is 0 Å². The summed E-state index contributed by atoms with van der Waals surface area (Å²) in [5, 5.41) is 16.3. The van der Waals surface area contributed by atoms with E-state index in [9.17, 15) is 5.11 Å². The first-order chi connectivity index (χ1) is 10.6. The third-order valence-electron chi connectivity index (χ3n) is 4.36. The van der Waals surface area contributed by atoms with Gasteiger partial charge in [-0.05, 0) is 42.3 Å². The van der Waals surface area contributed by atoms with Crippen molar-refractivity contribution in [2.75, 3.05) is 6.54 Å². The molecular formula is C19H36ClNOS. The molecule has 0 amide bonds. The van der Waals surface area contributed by atoms with Crippen LogP contribution in [-0.2, 0) is 0 Å². The molecule has 0 bridgehead atoms. The smallest absolute Gasteiger partial charge is 0.103 e. The van der Waals surface area contributed by atoms with E-state index in [4.69, 9.17) is 0 Å². The number of nitrogens with one attached hydrogen (secondary N) is 1. The predicted molar refractivity (Wildman–Crippen MR) is 106 cm³/mol. The molecule has 2 atom stereocenters. The van der Waals surface area contributed by atoms with Gasteiger partial charge in [0, 0.05) is 10.9 Å². The lowest BCUT2D eigenvalue weighted by Crippen LogP contribution is -2.34. The third-order valence-corrected chi connectivity index (χ3v) is 5.38. The fourth-order valence-electron chi connectivity index (χ4n) is 2.70. The summed E-state index contributed by atoms with van der Waals surface area (Å²) >= 11 is 1.69. The molecule has 1 aromatic heterocycles. The van der Waals surface area contributed by atoms with Crippen LogP contribution >= 0.6 is 23.7 Å². The van der Waals surface area contributed by atoms with Crippen molar-refractivity contribution in [3.63, 3.8) is 0 Å². The second-order valence-electron chi connectivity index (χ2n) is 6.62. The molecule has 0 saturated heterocycles. The molecule has 0 saturated carbocycles. The van der Waals surface area contributed by atoms with Crippen LogP contribution < -0.4 is 5.32 Å². The highest BCUT2D eigenvalue weighted by atomic mass is 35.5. The van der Waals surface area contributed by atoms with Crippen molar-refractivity contribution in [3.8, 4) is 0 Å². The normalized spacial score (nSPS) is 13.8. The Morgan fingerprint density at radius 3 is 2.30 bits per heavy atom. The maximum Gasteiger partial charge on any atom is 0.103 e. The SMILES string of the molecule is CCCCCCCCNC(CC)C(O)c1cc(C(C)C)cs1.Cl. The van der Waals surface area contributed by atoms with Gasteiger partial charge in [0.25, 0.3) is 0 Å². The summed E-state index contributed by atoms with van der Waals surface area (Å²) in [6.45, 7) is 9.83. The number of hydrogen-bond donors (Lipinski definition) is 2. The third kappa shape index (κ3) is 8.53. The summed E-state index contributed by atoms with van der Waals surface area (Å²) in [5.41, 5.74) is 1.34. The van der Waals surface area contributed by atoms with Crippen LogP contribution in [0.15, 0.2) is 11.4 Å². The zero-order valence-electron chi connectivity index (χ0n) is 15.3. The standard InChI is InChI=1S/C19H35NOS.ClH/c1-5-7-8-9-10-11-12-20-17(6-2)19(21)18-13-16(14-22-18)15(3)4;/h13-15,17,19-21H,5-12H2,1-4H3;1H. The molecular weight excluding hydrogens is 326 g/mol. The molecule has 2 unspecified atom stereocenters. The minimum Gasteiger partial charge on any atom is -0.386 e. The highest BCUT2D eigenvalue weighted by molar-refractivity contribution is 7.10. The van der Waals surface area contributed by atoms with E-state index in [0.29, 0.717) is 5.92 Å². The number of aliphatic hydroxyl groups excluding tert-OH is 1. The first kappa shape index (κ1) is 22.9. The zero-order chi connectivity index (χ0) is 16.4. The van der Waals surface area contributed by atoms with Gasteiger partial charge in [-0.15, -0.1) is 23.7 Å². The Kier molecular flexibility index (Phi) is 13.2. The van der Waals surface area contributed by atoms with E-state index in [0.717, 1.165) is 17.8 Å². The summed E-state index contributed by atoms with van der Waals surface area (Å²) < 4.78 is 0. The van der Waals surface area contributed by atoms with Crippen LogP contribution in [-0.4, -0.2) is 17.7 Å². The van der Waals surface area contributed by atoms with Crippen molar-refractivity contribution in [1.82, 2.24) is 5.32 Å². The van der Waals surface area contributed by atoms with E-state index in [-0.39, 0.29) is 24.6 Å². The molecule has 136 valence electrons. The van der Waals surface area contributed by atoms with Crippen molar-refractivity contribution in [1.29, 1.82) is 0 Å². The van der Waals surface area contributed by atoms with Gasteiger partial charge in [0.1, 0.15) is 6.10 Å². The number of hydrogen-bond acceptors (Lipinski definition) is 3. The molecule has 1 aromatic rings. The number of halogens is 1. The van der Waals surface area contributed by atoms with Gasteiger partial charge in [0.15, 0.2) is 0 Å². The van der Waals surface area contributed by atoms with Crippen molar-refractivity contribution in [2.24, 2.45) is 0 Å². The maximum atomic E-state index is 10.6. The van der Waals surface area contributed by atoms with Gasteiger partial charge in [0.05, 0.1) is 0 Å². The number of aliphatic hydroxyl groups is 1. The average Bonchev–Trinajstić information content (AvgIpc) is 3.00. The Morgan fingerprint density at radius 1 is 1.09 bits per heavy atom. The van der Waals surface area contributed by atoms with Gasteiger partial charge in [-0.1, -0.05) is 59.8 Å². The van der Waals surface area contributed by atoms with Gasteiger partial charge in [-0.3, -0.25) is 0 Å². The van der Waals surface area contributed by atoms with Crippen LogP contribution in [0.25, 0.3) is 0 Å². The number of thiophene rings is 1. The molecule has 4 heteroatoms. The van der Waals surface area contributed by atoms with Crippen molar-refractivity contribution >= 4 is 23.7 Å². The molecule has 0 aliphatic heterocycles. The van der Waals surface area contributed by atoms with Gasteiger partial charge < -0.3 is 10.4 Å². The van der Waals surface area contributed by atoms with E-state index in [1.54, 1.807) is 11.3 Å². The lowest BCUT2D eigenvalue weighted by atomic mass is 10.0. The molecule has 1 rings (SSSR count). The van der Waals surface area contributed by atoms with Gasteiger partial charge in [-0.2, -0.15) is 0 Å². The zero-order valence-corrected chi connectivity index (χ0v) is 16.9. The molecule has 2 nitrogen and oxygen atoms in total. The van der Waals surface area contributed by atoms with E-state index in [1.807, 2.05) is 0 Å². The summed E-state index contributed by atoms with van der Waals surface area (Å²) in [5.74, 6) is 0.536. The number of unbranched alkanes of at least 4 members (excludes halogenated alkanes) is 5. The fourth-order valence-corrected chi connectivity index (χ4v) is 3.82. The minimum absolute atomic E-state index is 0. The van der Waals surface area contributed by atoms with E-state index < -0.39 is 0 Å². The molecule has 0 spiro atoms. The Bertz CT molecular complexity index is 394. The summed E-state index contributed by atoms with van der Waals surface area (Å²) in [7, 11) is 0. The van der Waals surface area contributed by atoms with E-state index >= 15 is 0 Å². The summed E-state index contributed by atoms with van der Waals surface area (Å²) in [6, 6.07) is 2.35. The van der Waals surface area contributed by atoms with Crippen molar-refractivity contribution in [2.45, 2.75) is 90.7 Å². The highest BCUT2D eigenvalue weighted by Crippen LogP contribution is 2.29. The topological polar surface area (TPSA) is 32.3 Å². The van der Waals surface area contributed by atoms with E-state index in [2.05, 4.69) is 44.5 Å². The molecule has 2 N–H and O–H groups in total. The summed E-state index contributed by atoms with van der Waals surface area (Å²) in [6.07, 6.45) is 8.49. The maximum absolute atomic E-state index is 10.6. The van der Waals surface area contributed by atoms with Gasteiger partial charge >= 0.3 is 0 Å². The Labute approximate surface area is 153 Å². The van der Waals surface area contributed by atoms with E-state index in [1.165, 1.54) is 44.1 Å². The Hall–Kier alpha value is -0.0900. The Morgan fingerprint density at radius 2 is 1.74 bits per heavy atom. The lowest BCUT2D eigenvalue weighted by molar-refractivity contribution is 0.129. The minimum atomic E-state index is -0.373. The molecule has 23 heavy (non-hydrogen) atoms. The molecule has 0 radical (unpaired) electrons. The number of rotatable bonds is 12. The first-order valence-electron chi connectivity index (χ1n) is 9.09. The van der Waals surface area contributed by atoms with Crippen LogP contribution in [0.1, 0.15) is 95.1 Å². The average molecular weight is 362 g/mol. The second-order valence-corrected chi connectivity index (χ2v) is 7.56. The summed E-state index contributed by atoms with van der Waals surface area (Å²) in [4.78, 5) is 1.10. The molecule has 0 aliphatic rings. The molecule has 0 fully saturated rings. The first-order valence-corrected chi connectivity index (χ1v) is 9.97. The van der Waals surface area contributed by atoms with Crippen LogP contribution in [0.5, 0.6) is 0 Å². The fraction of sp³-hybridized carbons (Fsp3) is 0.789. The largest absolute Gasteiger partial charge is 0.386 e. The highest BCUT2D eigenvalue weighted by Gasteiger charge is 2.20. The molecule has 1 heterocycles. The monoisotopic (exact) mass is 361 g/mol. The van der Waals surface area contributed by atoms with Crippen LogP contribution in [0, 0.1) is 0 Å². The lowest BCUT2D eigenvalue weighted by Gasteiger charge is -2.22. The van der Waals surface area contributed by atoms with Gasteiger partial charge in [0.2, 0.25) is 0 Å². The quantitative estimate of drug-likeness (QED) is 0.444. The molecule has 0 aromatic carbocycles. The Balaban J connectivity index is 0.00000484.